The molecule has 4 aromatic rings. The first-order valence-electron chi connectivity index (χ1n) is 10.2. The molecule has 0 fully saturated rings. The number of benzene rings is 3. The molecule has 1 heterocycles. The first kappa shape index (κ1) is 21.4. The Hall–Kier alpha value is -3.83. The SMILES string of the molecule is Cn1cc(C=C(NC(=O)c2ccccc2Cl)C(=O)NCc2ccccc2)c2ccccc21. The summed E-state index contributed by atoms with van der Waals surface area (Å²) in [7, 11) is 1.94. The van der Waals surface area contributed by atoms with Crippen molar-refractivity contribution < 1.29 is 9.59 Å². The van der Waals surface area contributed by atoms with Crippen molar-refractivity contribution in [1.82, 2.24) is 15.2 Å². The van der Waals surface area contributed by atoms with E-state index in [0.29, 0.717) is 17.1 Å². The van der Waals surface area contributed by atoms with Crippen LogP contribution in [0.4, 0.5) is 0 Å². The number of nitrogens with zero attached hydrogens (tertiary/aromatic N) is 1. The summed E-state index contributed by atoms with van der Waals surface area (Å²) in [5.74, 6) is -0.834. The number of fused-ring (bicyclic) bond motifs is 1. The molecule has 0 saturated carbocycles. The van der Waals surface area contributed by atoms with Gasteiger partial charge in [0.25, 0.3) is 11.8 Å². The molecule has 2 amide bonds. The van der Waals surface area contributed by atoms with E-state index in [-0.39, 0.29) is 11.6 Å². The minimum absolute atomic E-state index is 0.141. The van der Waals surface area contributed by atoms with Crippen molar-refractivity contribution in [3.8, 4) is 0 Å². The molecule has 2 N–H and O–H groups in total. The Morgan fingerprint density at radius 3 is 2.41 bits per heavy atom. The number of hydrogen-bond donors (Lipinski definition) is 2. The van der Waals surface area contributed by atoms with Crippen molar-refractivity contribution in [1.29, 1.82) is 0 Å². The smallest absolute Gasteiger partial charge is 0.268 e. The zero-order valence-electron chi connectivity index (χ0n) is 17.5. The van der Waals surface area contributed by atoms with Crippen LogP contribution in [0, 0.1) is 0 Å². The fourth-order valence-electron chi connectivity index (χ4n) is 3.51. The standard InChI is InChI=1S/C26H22ClN3O2/c1-30-17-19(20-11-6-8-14-24(20)30)15-23(26(32)28-16-18-9-3-2-4-10-18)29-25(31)21-12-5-7-13-22(21)27/h2-15,17H,16H2,1H3,(H,28,32)(H,29,31). The lowest BCUT2D eigenvalue weighted by Crippen LogP contribution is -2.34. The summed E-state index contributed by atoms with van der Waals surface area (Å²) in [6.45, 7) is 0.342. The second-order valence-corrected chi connectivity index (χ2v) is 7.78. The molecule has 0 unspecified atom stereocenters. The Balaban J connectivity index is 1.67. The number of carbonyl (C=O) groups is 2. The maximum absolute atomic E-state index is 13.1. The Bertz CT molecular complexity index is 1310. The fourth-order valence-corrected chi connectivity index (χ4v) is 3.73. The van der Waals surface area contributed by atoms with Crippen LogP contribution in [0.3, 0.4) is 0 Å². The van der Waals surface area contributed by atoms with E-state index in [0.717, 1.165) is 22.0 Å². The van der Waals surface area contributed by atoms with E-state index in [4.69, 9.17) is 11.6 Å². The largest absolute Gasteiger partial charge is 0.350 e. The lowest BCUT2D eigenvalue weighted by Gasteiger charge is -2.12. The lowest BCUT2D eigenvalue weighted by molar-refractivity contribution is -0.117. The van der Waals surface area contributed by atoms with Crippen LogP contribution in [-0.4, -0.2) is 16.4 Å². The van der Waals surface area contributed by atoms with E-state index in [9.17, 15) is 9.59 Å². The van der Waals surface area contributed by atoms with Gasteiger partial charge in [-0.3, -0.25) is 9.59 Å². The zero-order valence-corrected chi connectivity index (χ0v) is 18.3. The van der Waals surface area contributed by atoms with Crippen molar-refractivity contribution in [3.05, 3.63) is 112 Å². The average molecular weight is 444 g/mol. The molecule has 160 valence electrons. The summed E-state index contributed by atoms with van der Waals surface area (Å²) in [5.41, 5.74) is 3.26. The van der Waals surface area contributed by atoms with Gasteiger partial charge < -0.3 is 15.2 Å². The number of amides is 2. The summed E-state index contributed by atoms with van der Waals surface area (Å²) in [4.78, 5) is 26.0. The summed E-state index contributed by atoms with van der Waals surface area (Å²) < 4.78 is 1.98. The summed E-state index contributed by atoms with van der Waals surface area (Å²) in [6, 6.07) is 24.2. The van der Waals surface area contributed by atoms with Gasteiger partial charge in [-0.2, -0.15) is 0 Å². The first-order chi connectivity index (χ1) is 15.5. The Morgan fingerprint density at radius 1 is 0.938 bits per heavy atom. The highest BCUT2D eigenvalue weighted by Crippen LogP contribution is 2.23. The van der Waals surface area contributed by atoms with Gasteiger partial charge in [0.05, 0.1) is 10.6 Å². The van der Waals surface area contributed by atoms with Gasteiger partial charge in [-0.05, 0) is 29.8 Å². The predicted octanol–water partition coefficient (Wildman–Crippen LogP) is 4.92. The Morgan fingerprint density at radius 2 is 1.62 bits per heavy atom. The fraction of sp³-hybridized carbons (Fsp3) is 0.0769. The van der Waals surface area contributed by atoms with Gasteiger partial charge in [0.15, 0.2) is 0 Å². The second-order valence-electron chi connectivity index (χ2n) is 7.37. The minimum atomic E-state index is -0.447. The first-order valence-corrected chi connectivity index (χ1v) is 10.5. The van der Waals surface area contributed by atoms with Crippen molar-refractivity contribution in [2.24, 2.45) is 7.05 Å². The number of para-hydroxylation sites is 1. The van der Waals surface area contributed by atoms with Crippen molar-refractivity contribution >= 4 is 40.4 Å². The van der Waals surface area contributed by atoms with Crippen molar-refractivity contribution in [2.75, 3.05) is 0 Å². The molecule has 0 aliphatic heterocycles. The summed E-state index contributed by atoms with van der Waals surface area (Å²) in [6.07, 6.45) is 3.62. The number of nitrogens with one attached hydrogen (secondary N) is 2. The minimum Gasteiger partial charge on any atom is -0.350 e. The highest BCUT2D eigenvalue weighted by molar-refractivity contribution is 6.34. The molecule has 0 spiro atoms. The maximum atomic E-state index is 13.1. The summed E-state index contributed by atoms with van der Waals surface area (Å²) in [5, 5.41) is 6.93. The molecule has 4 rings (SSSR count). The van der Waals surface area contributed by atoms with Gasteiger partial charge >= 0.3 is 0 Å². The topological polar surface area (TPSA) is 63.1 Å². The van der Waals surface area contributed by atoms with E-state index in [1.54, 1.807) is 30.3 Å². The molecule has 0 aliphatic rings. The molecule has 32 heavy (non-hydrogen) atoms. The zero-order chi connectivity index (χ0) is 22.5. The van der Waals surface area contributed by atoms with E-state index in [2.05, 4.69) is 10.6 Å². The lowest BCUT2D eigenvalue weighted by atomic mass is 10.1. The van der Waals surface area contributed by atoms with Gasteiger partial charge in [0.2, 0.25) is 0 Å². The monoisotopic (exact) mass is 443 g/mol. The Labute approximate surface area is 191 Å². The molecule has 0 aliphatic carbocycles. The molecular weight excluding hydrogens is 422 g/mol. The molecule has 0 bridgehead atoms. The molecule has 0 radical (unpaired) electrons. The molecule has 5 nitrogen and oxygen atoms in total. The van der Waals surface area contributed by atoms with Crippen LogP contribution in [0.15, 0.2) is 90.8 Å². The van der Waals surface area contributed by atoms with E-state index in [1.807, 2.05) is 72.4 Å². The number of rotatable bonds is 6. The van der Waals surface area contributed by atoms with Crippen LogP contribution in [0.2, 0.25) is 5.02 Å². The number of carbonyl (C=O) groups excluding carboxylic acids is 2. The van der Waals surface area contributed by atoms with Crippen LogP contribution in [0.25, 0.3) is 17.0 Å². The third-order valence-corrected chi connectivity index (χ3v) is 5.46. The highest BCUT2D eigenvalue weighted by Gasteiger charge is 2.17. The number of aromatic nitrogens is 1. The van der Waals surface area contributed by atoms with Gasteiger partial charge in [-0.1, -0.05) is 72.3 Å². The Kier molecular flexibility index (Phi) is 6.38. The van der Waals surface area contributed by atoms with Gasteiger partial charge in [-0.25, -0.2) is 0 Å². The third-order valence-electron chi connectivity index (χ3n) is 5.13. The van der Waals surface area contributed by atoms with E-state index in [1.165, 1.54) is 0 Å². The van der Waals surface area contributed by atoms with Crippen LogP contribution in [-0.2, 0) is 18.4 Å². The molecule has 3 aromatic carbocycles. The van der Waals surface area contributed by atoms with Gasteiger partial charge in [-0.15, -0.1) is 0 Å². The molecule has 6 heteroatoms. The average Bonchev–Trinajstić information content (AvgIpc) is 3.13. The van der Waals surface area contributed by atoms with Crippen LogP contribution >= 0.6 is 11.6 Å². The van der Waals surface area contributed by atoms with Crippen LogP contribution in [0.5, 0.6) is 0 Å². The molecule has 0 atom stereocenters. The number of halogens is 1. The van der Waals surface area contributed by atoms with Crippen LogP contribution in [0.1, 0.15) is 21.5 Å². The second kappa shape index (κ2) is 9.54. The third kappa shape index (κ3) is 4.74. The van der Waals surface area contributed by atoms with Gasteiger partial charge in [0, 0.05) is 36.3 Å². The van der Waals surface area contributed by atoms with Gasteiger partial charge in [0.1, 0.15) is 5.70 Å². The number of aryl methyl sites for hydroxylation is 1. The normalized spacial score (nSPS) is 11.4. The molecule has 0 saturated heterocycles. The highest BCUT2D eigenvalue weighted by atomic mass is 35.5. The molecular formula is C26H22ClN3O2. The predicted molar refractivity (Wildman–Crippen MR) is 128 cm³/mol. The maximum Gasteiger partial charge on any atom is 0.268 e. The number of hydrogen-bond acceptors (Lipinski definition) is 2. The quantitative estimate of drug-likeness (QED) is 0.415. The van der Waals surface area contributed by atoms with Crippen LogP contribution < -0.4 is 10.6 Å². The van der Waals surface area contributed by atoms with E-state index < -0.39 is 5.91 Å². The van der Waals surface area contributed by atoms with Crippen molar-refractivity contribution in [3.63, 3.8) is 0 Å². The molecule has 1 aromatic heterocycles. The summed E-state index contributed by atoms with van der Waals surface area (Å²) >= 11 is 6.18. The van der Waals surface area contributed by atoms with E-state index >= 15 is 0 Å². The van der Waals surface area contributed by atoms with Crippen molar-refractivity contribution in [2.45, 2.75) is 6.54 Å².